The second-order valence-electron chi connectivity index (χ2n) is 4.04. The van der Waals surface area contributed by atoms with Gasteiger partial charge >= 0.3 is 0 Å². The maximum atomic E-state index is 12.5. The molecule has 0 aromatic heterocycles. The fourth-order valence-electron chi connectivity index (χ4n) is 1.14. The molecule has 0 aromatic rings. The van der Waals surface area contributed by atoms with E-state index in [0.717, 1.165) is 25.3 Å². The fraction of sp³-hybridized carbons (Fsp3) is 0.818. The quantitative estimate of drug-likeness (QED) is 0.544. The zero-order chi connectivity index (χ0) is 10.5. The molecule has 1 atom stereocenters. The van der Waals surface area contributed by atoms with E-state index in [-0.39, 0.29) is 6.42 Å². The summed E-state index contributed by atoms with van der Waals surface area (Å²) in [7, 11) is 0. The van der Waals surface area contributed by atoms with E-state index in [4.69, 9.17) is 0 Å². The third-order valence-corrected chi connectivity index (χ3v) is 2.25. The maximum Gasteiger partial charge on any atom is 0.245 e. The van der Waals surface area contributed by atoms with Crippen LogP contribution in [0.15, 0.2) is 12.2 Å². The van der Waals surface area contributed by atoms with Gasteiger partial charge in [0.1, 0.15) is 0 Å². The van der Waals surface area contributed by atoms with Crippen molar-refractivity contribution in [3.8, 4) is 0 Å². The molecule has 0 aromatic carbocycles. The first-order valence-electron chi connectivity index (χ1n) is 4.89. The highest BCUT2D eigenvalue weighted by Crippen LogP contribution is 2.24. The highest BCUT2D eigenvalue weighted by atomic mass is 19.3. The Balaban J connectivity index is 3.64. The molecule has 0 radical (unpaired) electrons. The number of rotatable bonds is 6. The monoisotopic (exact) mass is 190 g/mol. The van der Waals surface area contributed by atoms with Crippen LogP contribution in [-0.4, -0.2) is 5.92 Å². The molecule has 0 aliphatic heterocycles. The predicted molar refractivity (Wildman–Crippen MR) is 53.1 cm³/mol. The average Bonchev–Trinajstić information content (AvgIpc) is 1.99. The van der Waals surface area contributed by atoms with Gasteiger partial charge in [0.15, 0.2) is 0 Å². The van der Waals surface area contributed by atoms with Crippen LogP contribution < -0.4 is 0 Å². The first-order valence-corrected chi connectivity index (χ1v) is 4.89. The van der Waals surface area contributed by atoms with E-state index < -0.39 is 5.92 Å². The summed E-state index contributed by atoms with van der Waals surface area (Å²) in [5, 5.41) is 0. The van der Waals surface area contributed by atoms with E-state index in [1.165, 1.54) is 0 Å². The van der Waals surface area contributed by atoms with Crippen LogP contribution in [0.4, 0.5) is 8.78 Å². The van der Waals surface area contributed by atoms with Crippen molar-refractivity contribution in [1.29, 1.82) is 0 Å². The minimum Gasteiger partial charge on any atom is -0.207 e. The number of halogens is 2. The average molecular weight is 190 g/mol. The van der Waals surface area contributed by atoms with Crippen molar-refractivity contribution >= 4 is 0 Å². The summed E-state index contributed by atoms with van der Waals surface area (Å²) in [5.74, 6) is -1.98. The van der Waals surface area contributed by atoms with Gasteiger partial charge in [-0.3, -0.25) is 0 Å². The topological polar surface area (TPSA) is 0 Å². The summed E-state index contributed by atoms with van der Waals surface area (Å²) in [4.78, 5) is 0. The van der Waals surface area contributed by atoms with Crippen LogP contribution in [0.25, 0.3) is 0 Å². The minimum absolute atomic E-state index is 0.0672. The van der Waals surface area contributed by atoms with Crippen molar-refractivity contribution in [2.24, 2.45) is 5.92 Å². The summed E-state index contributed by atoms with van der Waals surface area (Å²) in [6.45, 7) is 9.00. The van der Waals surface area contributed by atoms with E-state index >= 15 is 0 Å². The van der Waals surface area contributed by atoms with Crippen LogP contribution in [0.2, 0.25) is 0 Å². The smallest absolute Gasteiger partial charge is 0.207 e. The standard InChI is InChI=1S/C11H20F2/c1-5-9(2)8-10(3)6-7-11(4,12)13/h9H,3,5-8H2,1-2,4H3/t9-/m0/s1. The fourth-order valence-corrected chi connectivity index (χ4v) is 1.14. The van der Waals surface area contributed by atoms with Gasteiger partial charge in [0, 0.05) is 6.42 Å². The third-order valence-electron chi connectivity index (χ3n) is 2.25. The molecule has 13 heavy (non-hydrogen) atoms. The second kappa shape index (κ2) is 5.36. The number of hydrogen-bond acceptors (Lipinski definition) is 0. The molecule has 0 N–H and O–H groups in total. The van der Waals surface area contributed by atoms with Crippen LogP contribution in [0.5, 0.6) is 0 Å². The van der Waals surface area contributed by atoms with Gasteiger partial charge < -0.3 is 0 Å². The molecule has 0 aliphatic rings. The van der Waals surface area contributed by atoms with Crippen molar-refractivity contribution in [1.82, 2.24) is 0 Å². The Labute approximate surface area is 80.0 Å². The molecule has 2 heteroatoms. The van der Waals surface area contributed by atoms with Gasteiger partial charge in [0.2, 0.25) is 5.92 Å². The van der Waals surface area contributed by atoms with Crippen LogP contribution in [0.3, 0.4) is 0 Å². The van der Waals surface area contributed by atoms with Crippen LogP contribution in [0.1, 0.15) is 46.5 Å². The zero-order valence-electron chi connectivity index (χ0n) is 8.87. The summed E-state index contributed by atoms with van der Waals surface area (Å²) in [5.41, 5.74) is 0.955. The minimum atomic E-state index is -2.54. The molecule has 78 valence electrons. The molecule has 0 spiro atoms. The van der Waals surface area contributed by atoms with E-state index in [1.807, 2.05) is 0 Å². The molecule has 0 saturated carbocycles. The first-order chi connectivity index (χ1) is 5.85. The summed E-state index contributed by atoms with van der Waals surface area (Å²) in [6.07, 6.45) is 2.35. The highest BCUT2D eigenvalue weighted by Gasteiger charge is 2.20. The highest BCUT2D eigenvalue weighted by molar-refractivity contribution is 4.95. The lowest BCUT2D eigenvalue weighted by Gasteiger charge is -2.13. The van der Waals surface area contributed by atoms with E-state index in [2.05, 4.69) is 20.4 Å². The molecule has 0 rings (SSSR count). The number of alkyl halides is 2. The Bertz CT molecular complexity index is 156. The molecular weight excluding hydrogens is 170 g/mol. The lowest BCUT2D eigenvalue weighted by Crippen LogP contribution is -2.09. The molecule has 0 unspecified atom stereocenters. The van der Waals surface area contributed by atoms with Gasteiger partial charge in [-0.05, 0) is 25.7 Å². The van der Waals surface area contributed by atoms with Crippen molar-refractivity contribution in [2.75, 3.05) is 0 Å². The molecule has 0 heterocycles. The molecular formula is C11H20F2. The molecule has 0 fully saturated rings. The Morgan fingerprint density at radius 2 is 2.00 bits per heavy atom. The molecule has 0 saturated heterocycles. The SMILES string of the molecule is C=C(CCC(C)(F)F)C[C@@H](C)CC. The number of allylic oxidation sites excluding steroid dienone is 1. The molecule has 0 bridgehead atoms. The molecule has 0 nitrogen and oxygen atoms in total. The van der Waals surface area contributed by atoms with E-state index in [1.54, 1.807) is 0 Å². The van der Waals surface area contributed by atoms with Gasteiger partial charge in [-0.25, -0.2) is 8.78 Å². The van der Waals surface area contributed by atoms with E-state index in [0.29, 0.717) is 12.3 Å². The van der Waals surface area contributed by atoms with E-state index in [9.17, 15) is 8.78 Å². The number of hydrogen-bond donors (Lipinski definition) is 0. The lowest BCUT2D eigenvalue weighted by molar-refractivity contribution is 0.0130. The maximum absolute atomic E-state index is 12.5. The normalized spacial score (nSPS) is 14.2. The van der Waals surface area contributed by atoms with Gasteiger partial charge in [0.05, 0.1) is 0 Å². The zero-order valence-corrected chi connectivity index (χ0v) is 8.87. The van der Waals surface area contributed by atoms with Crippen molar-refractivity contribution in [3.05, 3.63) is 12.2 Å². The van der Waals surface area contributed by atoms with Crippen molar-refractivity contribution < 1.29 is 8.78 Å². The van der Waals surface area contributed by atoms with Gasteiger partial charge in [-0.2, -0.15) is 0 Å². The first kappa shape index (κ1) is 12.6. The Morgan fingerprint density at radius 3 is 2.38 bits per heavy atom. The Hall–Kier alpha value is -0.400. The Morgan fingerprint density at radius 1 is 1.46 bits per heavy atom. The summed E-state index contributed by atoms with van der Waals surface area (Å²) < 4.78 is 24.9. The Kier molecular flexibility index (Phi) is 5.19. The van der Waals surface area contributed by atoms with Gasteiger partial charge in [-0.15, -0.1) is 0 Å². The summed E-state index contributed by atoms with van der Waals surface area (Å²) >= 11 is 0. The van der Waals surface area contributed by atoms with Crippen LogP contribution in [-0.2, 0) is 0 Å². The van der Waals surface area contributed by atoms with Crippen LogP contribution >= 0.6 is 0 Å². The third kappa shape index (κ3) is 7.94. The van der Waals surface area contributed by atoms with Crippen molar-refractivity contribution in [3.63, 3.8) is 0 Å². The predicted octanol–water partition coefficient (Wildman–Crippen LogP) is 4.41. The van der Waals surface area contributed by atoms with Gasteiger partial charge in [0.25, 0.3) is 0 Å². The second-order valence-corrected chi connectivity index (χ2v) is 4.04. The van der Waals surface area contributed by atoms with Gasteiger partial charge in [-0.1, -0.05) is 32.4 Å². The largest absolute Gasteiger partial charge is 0.245 e. The lowest BCUT2D eigenvalue weighted by atomic mass is 9.96. The molecule has 0 amide bonds. The molecule has 0 aliphatic carbocycles. The summed E-state index contributed by atoms with van der Waals surface area (Å²) in [6, 6.07) is 0. The van der Waals surface area contributed by atoms with Crippen molar-refractivity contribution in [2.45, 2.75) is 52.4 Å². The van der Waals surface area contributed by atoms with Crippen LogP contribution in [0, 0.1) is 5.92 Å².